The highest BCUT2D eigenvalue weighted by Crippen LogP contribution is 2.43. The highest BCUT2D eigenvalue weighted by Gasteiger charge is 2.19. The maximum absolute atomic E-state index is 4.96. The summed E-state index contributed by atoms with van der Waals surface area (Å²) < 4.78 is 3.61. The Morgan fingerprint density at radius 3 is 1.68 bits per heavy atom. The van der Waals surface area contributed by atoms with Crippen molar-refractivity contribution in [3.05, 3.63) is 133 Å². The van der Waals surface area contributed by atoms with Gasteiger partial charge in [-0.1, -0.05) is 97.1 Å². The van der Waals surface area contributed by atoms with Crippen LogP contribution in [0.2, 0.25) is 0 Å². The van der Waals surface area contributed by atoms with Gasteiger partial charge in [0.05, 0.1) is 5.52 Å². The van der Waals surface area contributed by atoms with Gasteiger partial charge in [0.15, 0.2) is 17.5 Å². The number of aromatic nitrogens is 4. The molecule has 0 bridgehead atoms. The Balaban J connectivity index is 1.38. The van der Waals surface area contributed by atoms with Crippen LogP contribution in [0.3, 0.4) is 0 Å². The van der Waals surface area contributed by atoms with E-state index in [0.29, 0.717) is 17.5 Å². The van der Waals surface area contributed by atoms with E-state index in [1.54, 1.807) is 0 Å². The van der Waals surface area contributed by atoms with Crippen molar-refractivity contribution >= 4 is 42.5 Å². The Bertz CT molecular complexity index is 2090. The predicted molar refractivity (Wildman–Crippen MR) is 166 cm³/mol. The van der Waals surface area contributed by atoms with E-state index in [1.165, 1.54) is 31.2 Å². The Morgan fingerprint density at radius 2 is 1.02 bits per heavy atom. The molecule has 4 nitrogen and oxygen atoms in total. The molecule has 5 heteroatoms. The van der Waals surface area contributed by atoms with Gasteiger partial charge in [0.1, 0.15) is 4.83 Å². The summed E-state index contributed by atoms with van der Waals surface area (Å²) >= 11 is 1.82. The van der Waals surface area contributed by atoms with E-state index in [-0.39, 0.29) is 0 Å². The van der Waals surface area contributed by atoms with Crippen LogP contribution < -0.4 is 0 Å². The fraction of sp³-hybridized carbons (Fsp3) is 0. The molecule has 5 aromatic carbocycles. The molecule has 3 heterocycles. The monoisotopic (exact) mass is 530 g/mol. The van der Waals surface area contributed by atoms with E-state index in [2.05, 4.69) is 77.4 Å². The van der Waals surface area contributed by atoms with Crippen LogP contribution in [0.15, 0.2) is 133 Å². The summed E-state index contributed by atoms with van der Waals surface area (Å²) in [4.78, 5) is 16.0. The van der Waals surface area contributed by atoms with Gasteiger partial charge in [-0.05, 0) is 36.4 Å². The fourth-order valence-electron chi connectivity index (χ4n) is 5.40. The summed E-state index contributed by atoms with van der Waals surface area (Å²) in [6.45, 7) is 0. The zero-order valence-corrected chi connectivity index (χ0v) is 22.2. The normalized spacial score (nSPS) is 11.5. The maximum atomic E-state index is 4.96. The third kappa shape index (κ3) is 3.71. The standard InChI is InChI=1S/C35H22N4S/c1-4-12-23(13-5-1)32-36-33(24-14-6-2-7-15-24)38-34(37-32)25-20-21-30-28(22-25)31-27-18-10-11-19-29(27)39(35(31)40-30)26-16-8-3-9-17-26/h1-22H. The van der Waals surface area contributed by atoms with E-state index in [1.807, 2.05) is 72.0 Å². The second-order valence-electron chi connectivity index (χ2n) is 9.72. The minimum atomic E-state index is 0.667. The first kappa shape index (κ1) is 22.8. The van der Waals surface area contributed by atoms with Crippen molar-refractivity contribution in [3.8, 4) is 39.9 Å². The lowest BCUT2D eigenvalue weighted by Gasteiger charge is -2.08. The first-order valence-corrected chi connectivity index (χ1v) is 14.0. The van der Waals surface area contributed by atoms with Crippen LogP contribution in [0.25, 0.3) is 71.1 Å². The molecular formula is C35H22N4S. The quantitative estimate of drug-likeness (QED) is 0.228. The van der Waals surface area contributed by atoms with Gasteiger partial charge in [0.2, 0.25) is 0 Å². The summed E-state index contributed by atoms with van der Waals surface area (Å²) in [7, 11) is 0. The third-order valence-electron chi connectivity index (χ3n) is 7.26. The van der Waals surface area contributed by atoms with E-state index in [9.17, 15) is 0 Å². The average molecular weight is 531 g/mol. The Hall–Kier alpha value is -5.13. The van der Waals surface area contributed by atoms with Crippen molar-refractivity contribution in [3.63, 3.8) is 0 Å². The van der Waals surface area contributed by atoms with Crippen LogP contribution in [0, 0.1) is 0 Å². The zero-order chi connectivity index (χ0) is 26.5. The highest BCUT2D eigenvalue weighted by molar-refractivity contribution is 7.25. The first-order chi connectivity index (χ1) is 19.8. The summed E-state index contributed by atoms with van der Waals surface area (Å²) in [5.41, 5.74) is 5.28. The van der Waals surface area contributed by atoms with Crippen molar-refractivity contribution in [1.82, 2.24) is 19.5 Å². The molecule has 3 aromatic heterocycles. The van der Waals surface area contributed by atoms with Gasteiger partial charge in [-0.15, -0.1) is 11.3 Å². The zero-order valence-electron chi connectivity index (χ0n) is 21.4. The lowest BCUT2D eigenvalue weighted by atomic mass is 10.1. The smallest absolute Gasteiger partial charge is 0.164 e. The van der Waals surface area contributed by atoms with Gasteiger partial charge < -0.3 is 4.57 Å². The summed E-state index contributed by atoms with van der Waals surface area (Å²) in [6, 6.07) is 46.0. The van der Waals surface area contributed by atoms with Crippen LogP contribution in [-0.4, -0.2) is 19.5 Å². The molecule has 0 fully saturated rings. The van der Waals surface area contributed by atoms with Crippen molar-refractivity contribution in [2.45, 2.75) is 0 Å². The van der Waals surface area contributed by atoms with Crippen molar-refractivity contribution in [2.24, 2.45) is 0 Å². The maximum Gasteiger partial charge on any atom is 0.164 e. The molecule has 8 aromatic rings. The second kappa shape index (κ2) is 9.26. The van der Waals surface area contributed by atoms with Gasteiger partial charge >= 0.3 is 0 Å². The van der Waals surface area contributed by atoms with Gasteiger partial charge in [-0.25, -0.2) is 15.0 Å². The van der Waals surface area contributed by atoms with E-state index < -0.39 is 0 Å². The topological polar surface area (TPSA) is 43.6 Å². The minimum Gasteiger partial charge on any atom is -0.301 e. The Morgan fingerprint density at radius 1 is 0.475 bits per heavy atom. The summed E-state index contributed by atoms with van der Waals surface area (Å²) in [5, 5.41) is 3.73. The third-order valence-corrected chi connectivity index (χ3v) is 8.41. The fourth-order valence-corrected chi connectivity index (χ4v) is 6.63. The number of nitrogens with zero attached hydrogens (tertiary/aromatic N) is 4. The van der Waals surface area contributed by atoms with Crippen molar-refractivity contribution in [1.29, 1.82) is 0 Å². The second-order valence-corrected chi connectivity index (χ2v) is 10.8. The molecule has 188 valence electrons. The molecule has 0 amide bonds. The highest BCUT2D eigenvalue weighted by atomic mass is 32.1. The predicted octanol–water partition coefficient (Wildman–Crippen LogP) is 9.18. The molecule has 0 saturated heterocycles. The number of para-hydroxylation sites is 2. The van der Waals surface area contributed by atoms with Gasteiger partial charge in [-0.3, -0.25) is 0 Å². The first-order valence-electron chi connectivity index (χ1n) is 13.2. The number of rotatable bonds is 4. The summed E-state index contributed by atoms with van der Waals surface area (Å²) in [6.07, 6.45) is 0. The summed E-state index contributed by atoms with van der Waals surface area (Å²) in [5.74, 6) is 2.00. The largest absolute Gasteiger partial charge is 0.301 e. The van der Waals surface area contributed by atoms with E-state index in [4.69, 9.17) is 15.0 Å². The van der Waals surface area contributed by atoms with Crippen LogP contribution in [0.1, 0.15) is 0 Å². The minimum absolute atomic E-state index is 0.667. The molecule has 0 spiro atoms. The van der Waals surface area contributed by atoms with Crippen LogP contribution in [0.5, 0.6) is 0 Å². The number of fused-ring (bicyclic) bond motifs is 5. The molecule has 0 N–H and O–H groups in total. The SMILES string of the molecule is c1ccc(-c2nc(-c3ccccc3)nc(-c3ccc4sc5c(c4c3)c3ccccc3n5-c3ccccc3)n2)cc1. The number of benzene rings is 5. The molecule has 0 unspecified atom stereocenters. The number of thiophene rings is 1. The van der Waals surface area contributed by atoms with Crippen LogP contribution in [-0.2, 0) is 0 Å². The van der Waals surface area contributed by atoms with Gasteiger partial charge in [0, 0.05) is 43.2 Å². The van der Waals surface area contributed by atoms with Crippen molar-refractivity contribution < 1.29 is 0 Å². The van der Waals surface area contributed by atoms with Crippen LogP contribution >= 0.6 is 11.3 Å². The molecule has 0 aliphatic rings. The van der Waals surface area contributed by atoms with Gasteiger partial charge in [0.25, 0.3) is 0 Å². The Labute approximate surface area is 234 Å². The average Bonchev–Trinajstić information content (AvgIpc) is 3.56. The van der Waals surface area contributed by atoms with Crippen molar-refractivity contribution in [2.75, 3.05) is 0 Å². The molecule has 40 heavy (non-hydrogen) atoms. The molecule has 0 saturated carbocycles. The molecule has 8 rings (SSSR count). The van der Waals surface area contributed by atoms with Crippen LogP contribution in [0.4, 0.5) is 0 Å². The molecular weight excluding hydrogens is 508 g/mol. The van der Waals surface area contributed by atoms with E-state index in [0.717, 1.165) is 22.4 Å². The molecule has 0 atom stereocenters. The Kier molecular flexibility index (Phi) is 5.28. The molecule has 0 aliphatic carbocycles. The molecule has 0 aliphatic heterocycles. The lowest BCUT2D eigenvalue weighted by Crippen LogP contribution is -2.00. The number of hydrogen-bond donors (Lipinski definition) is 0. The number of hydrogen-bond acceptors (Lipinski definition) is 4. The molecule has 0 radical (unpaired) electrons. The lowest BCUT2D eigenvalue weighted by molar-refractivity contribution is 1.07. The van der Waals surface area contributed by atoms with E-state index >= 15 is 0 Å². The van der Waals surface area contributed by atoms with Gasteiger partial charge in [-0.2, -0.15) is 0 Å².